The molecule has 0 fully saturated rings. The van der Waals surface area contributed by atoms with Crippen LogP contribution in [0.25, 0.3) is 33.4 Å². The number of nitrogens with zero attached hydrogens (tertiary/aromatic N) is 3. The second-order valence-electron chi connectivity index (χ2n) is 7.34. The number of pyridine rings is 1. The summed E-state index contributed by atoms with van der Waals surface area (Å²) in [5, 5.41) is 7.48. The van der Waals surface area contributed by atoms with Gasteiger partial charge < -0.3 is 14.8 Å². The maximum Gasteiger partial charge on any atom is 0.259 e. The van der Waals surface area contributed by atoms with Gasteiger partial charge in [0.25, 0.3) is 11.6 Å². The van der Waals surface area contributed by atoms with Crippen molar-refractivity contribution in [3.63, 3.8) is 0 Å². The number of carbonyl (C=O) groups excluding carboxylic acids is 1. The summed E-state index contributed by atoms with van der Waals surface area (Å²) in [7, 11) is 0. The van der Waals surface area contributed by atoms with Crippen molar-refractivity contribution in [2.45, 2.75) is 19.9 Å². The number of halogens is 1. The Bertz CT molecular complexity index is 1390. The molecule has 3 aromatic heterocycles. The molecule has 0 aliphatic carbocycles. The molecule has 5 rings (SSSR count). The number of H-pyrrole nitrogens is 1. The second-order valence-corrected chi connectivity index (χ2v) is 7.34. The lowest BCUT2D eigenvalue weighted by atomic mass is 10.0. The van der Waals surface area contributed by atoms with Crippen LogP contribution in [0.3, 0.4) is 0 Å². The van der Waals surface area contributed by atoms with Gasteiger partial charge >= 0.3 is 0 Å². The Balaban J connectivity index is 1.52. The van der Waals surface area contributed by atoms with Gasteiger partial charge in [-0.25, -0.2) is 14.4 Å². The van der Waals surface area contributed by atoms with Crippen molar-refractivity contribution in [1.82, 2.24) is 25.4 Å². The van der Waals surface area contributed by atoms with E-state index in [1.807, 2.05) is 31.2 Å². The van der Waals surface area contributed by atoms with E-state index < -0.39 is 0 Å². The quantitative estimate of drug-likeness (QED) is 0.443. The molecule has 31 heavy (non-hydrogen) atoms. The van der Waals surface area contributed by atoms with Crippen LogP contribution < -0.4 is 5.32 Å². The zero-order valence-corrected chi connectivity index (χ0v) is 16.8. The first-order chi connectivity index (χ1) is 15.0. The number of nitrogens with one attached hydrogen (secondary N) is 2. The second kappa shape index (κ2) is 7.32. The van der Waals surface area contributed by atoms with Gasteiger partial charge in [-0.1, -0.05) is 17.3 Å². The number of aromatic nitrogens is 4. The molecule has 0 saturated heterocycles. The number of imidazole rings is 1. The third kappa shape index (κ3) is 3.42. The number of rotatable bonds is 4. The molecule has 0 aliphatic heterocycles. The topological polar surface area (TPSA) is 96.7 Å². The summed E-state index contributed by atoms with van der Waals surface area (Å²) in [4.78, 5) is 25.5. The van der Waals surface area contributed by atoms with Crippen molar-refractivity contribution < 1.29 is 13.7 Å². The van der Waals surface area contributed by atoms with Gasteiger partial charge in [-0.2, -0.15) is 0 Å². The largest absolute Gasteiger partial charge is 0.342 e. The van der Waals surface area contributed by atoms with Crippen LogP contribution in [0.4, 0.5) is 4.39 Å². The van der Waals surface area contributed by atoms with Crippen LogP contribution in [0.15, 0.2) is 59.1 Å². The average Bonchev–Trinajstić information content (AvgIpc) is 3.37. The lowest BCUT2D eigenvalue weighted by molar-refractivity contribution is 0.0940. The number of aromatic amines is 1. The lowest BCUT2D eigenvalue weighted by Crippen LogP contribution is -2.27. The molecule has 1 atom stereocenters. The van der Waals surface area contributed by atoms with Gasteiger partial charge in [-0.15, -0.1) is 0 Å². The number of carbonyl (C=O) groups is 1. The van der Waals surface area contributed by atoms with Crippen molar-refractivity contribution >= 4 is 28.0 Å². The minimum atomic E-state index is -0.363. The fraction of sp³-hybridized carbons (Fsp3) is 0.130. The Morgan fingerprint density at radius 1 is 1.13 bits per heavy atom. The Morgan fingerprint density at radius 3 is 2.68 bits per heavy atom. The van der Waals surface area contributed by atoms with Crippen molar-refractivity contribution in [2.24, 2.45) is 0 Å². The van der Waals surface area contributed by atoms with E-state index in [2.05, 4.69) is 25.4 Å². The highest BCUT2D eigenvalue weighted by molar-refractivity contribution is 6.07. The van der Waals surface area contributed by atoms with Crippen LogP contribution >= 0.6 is 0 Å². The maximum atomic E-state index is 13.3. The van der Waals surface area contributed by atoms with Crippen LogP contribution in [0, 0.1) is 12.7 Å². The maximum absolute atomic E-state index is 13.3. The molecule has 0 radical (unpaired) electrons. The highest BCUT2D eigenvalue weighted by Crippen LogP contribution is 2.28. The first kappa shape index (κ1) is 18.9. The van der Waals surface area contributed by atoms with Crippen molar-refractivity contribution in [3.8, 4) is 11.3 Å². The Hall–Kier alpha value is -4.07. The molecule has 2 aromatic carbocycles. The standard InChI is InChI=1S/C23H18FN5O2/c1-12-20-16(11-19(28-23(20)31-29-12)14-7-9-15(24)10-8-14)22(30)25-13(2)21-26-17-5-3-4-6-18(17)27-21/h3-11,13H,1-2H3,(H,25,30)(H,26,27). The molecule has 3 heterocycles. The van der Waals surface area contributed by atoms with E-state index in [0.29, 0.717) is 33.7 Å². The average molecular weight is 415 g/mol. The normalized spacial score (nSPS) is 12.4. The number of fused-ring (bicyclic) bond motifs is 2. The van der Waals surface area contributed by atoms with Crippen LogP contribution in [0.5, 0.6) is 0 Å². The van der Waals surface area contributed by atoms with E-state index in [1.165, 1.54) is 12.1 Å². The van der Waals surface area contributed by atoms with Crippen LogP contribution in [-0.2, 0) is 0 Å². The summed E-state index contributed by atoms with van der Waals surface area (Å²) in [6.07, 6.45) is 0. The third-order valence-electron chi connectivity index (χ3n) is 5.17. The number of hydrogen-bond acceptors (Lipinski definition) is 5. The molecular formula is C23H18FN5O2. The van der Waals surface area contributed by atoms with Crippen molar-refractivity contribution in [3.05, 3.63) is 77.5 Å². The van der Waals surface area contributed by atoms with Crippen molar-refractivity contribution in [2.75, 3.05) is 0 Å². The van der Waals surface area contributed by atoms with Gasteiger partial charge in [0.05, 0.1) is 39.4 Å². The predicted octanol–water partition coefficient (Wildman–Crippen LogP) is 4.70. The van der Waals surface area contributed by atoms with Crippen molar-refractivity contribution in [1.29, 1.82) is 0 Å². The molecule has 2 N–H and O–H groups in total. The number of para-hydroxylation sites is 2. The summed E-state index contributed by atoms with van der Waals surface area (Å²) >= 11 is 0. The third-order valence-corrected chi connectivity index (χ3v) is 5.17. The Labute approximate surface area is 176 Å². The molecule has 1 amide bonds. The molecule has 5 aromatic rings. The highest BCUT2D eigenvalue weighted by Gasteiger charge is 2.22. The van der Waals surface area contributed by atoms with E-state index in [4.69, 9.17) is 4.52 Å². The number of hydrogen-bond donors (Lipinski definition) is 2. The minimum Gasteiger partial charge on any atom is -0.342 e. The first-order valence-electron chi connectivity index (χ1n) is 9.78. The zero-order valence-electron chi connectivity index (χ0n) is 16.8. The fourth-order valence-electron chi connectivity index (χ4n) is 3.56. The molecule has 7 nitrogen and oxygen atoms in total. The summed E-state index contributed by atoms with van der Waals surface area (Å²) in [5.74, 6) is -0.00590. The number of amides is 1. The van der Waals surface area contributed by atoms with E-state index in [0.717, 1.165) is 11.0 Å². The Morgan fingerprint density at radius 2 is 1.90 bits per heavy atom. The monoisotopic (exact) mass is 415 g/mol. The van der Waals surface area contributed by atoms with Crippen LogP contribution in [0.2, 0.25) is 0 Å². The lowest BCUT2D eigenvalue weighted by Gasteiger charge is -2.13. The summed E-state index contributed by atoms with van der Waals surface area (Å²) < 4.78 is 18.6. The van der Waals surface area contributed by atoms with Crippen LogP contribution in [-0.4, -0.2) is 26.0 Å². The number of aryl methyl sites for hydroxylation is 1. The summed E-state index contributed by atoms with van der Waals surface area (Å²) in [6, 6.07) is 14.9. The van der Waals surface area contributed by atoms with Gasteiger partial charge in [0.2, 0.25) is 0 Å². The predicted molar refractivity (Wildman–Crippen MR) is 114 cm³/mol. The smallest absolute Gasteiger partial charge is 0.259 e. The molecule has 0 saturated carbocycles. The minimum absolute atomic E-state index is 0.251. The SMILES string of the molecule is Cc1noc2nc(-c3ccc(F)cc3)cc(C(=O)NC(C)c3nc4ccccc4[nH]3)c12. The van der Waals surface area contributed by atoms with Gasteiger partial charge in [0.15, 0.2) is 0 Å². The number of benzene rings is 2. The highest BCUT2D eigenvalue weighted by atomic mass is 19.1. The molecular weight excluding hydrogens is 397 g/mol. The van der Waals surface area contributed by atoms with E-state index in [9.17, 15) is 9.18 Å². The molecule has 0 aliphatic rings. The van der Waals surface area contributed by atoms with E-state index in [1.54, 1.807) is 25.1 Å². The Kier molecular flexibility index (Phi) is 4.47. The summed E-state index contributed by atoms with van der Waals surface area (Å²) in [5.41, 5.74) is 4.08. The van der Waals surface area contributed by atoms with E-state index in [-0.39, 0.29) is 23.5 Å². The van der Waals surface area contributed by atoms with Crippen LogP contribution in [0.1, 0.15) is 34.8 Å². The fourth-order valence-corrected chi connectivity index (χ4v) is 3.56. The molecule has 154 valence electrons. The molecule has 0 spiro atoms. The zero-order chi connectivity index (χ0) is 21.5. The first-order valence-corrected chi connectivity index (χ1v) is 9.78. The summed E-state index contributed by atoms with van der Waals surface area (Å²) in [6.45, 7) is 3.61. The molecule has 0 bridgehead atoms. The molecule has 8 heteroatoms. The van der Waals surface area contributed by atoms with Gasteiger partial charge in [0.1, 0.15) is 11.6 Å². The van der Waals surface area contributed by atoms with E-state index >= 15 is 0 Å². The molecule has 1 unspecified atom stereocenters. The van der Waals surface area contributed by atoms with Gasteiger partial charge in [-0.05, 0) is 56.3 Å². The van der Waals surface area contributed by atoms with Gasteiger partial charge in [0, 0.05) is 5.56 Å². The van der Waals surface area contributed by atoms with Gasteiger partial charge in [-0.3, -0.25) is 4.79 Å².